The topological polar surface area (TPSA) is 33.1 Å². The second-order valence-electron chi connectivity index (χ2n) is 3.44. The molecule has 0 bridgehead atoms. The highest BCUT2D eigenvalue weighted by atomic mass is 35.5. The van der Waals surface area contributed by atoms with Crippen molar-refractivity contribution in [3.05, 3.63) is 63.6 Å². The Morgan fingerprint density at radius 3 is 2.59 bits per heavy atom. The molecule has 1 aromatic heterocycles. The smallest absolute Gasteiger partial charge is 0.129 e. The molecule has 0 radical (unpaired) electrons. The van der Waals surface area contributed by atoms with Crippen LogP contribution < -0.4 is 0 Å². The molecular formula is C12H8Cl2FNO. The van der Waals surface area contributed by atoms with Crippen molar-refractivity contribution in [3.8, 4) is 0 Å². The van der Waals surface area contributed by atoms with Gasteiger partial charge in [0, 0.05) is 11.8 Å². The van der Waals surface area contributed by atoms with E-state index in [2.05, 4.69) is 4.98 Å². The second kappa shape index (κ2) is 5.00. The van der Waals surface area contributed by atoms with Crippen molar-refractivity contribution < 1.29 is 9.50 Å². The molecular weight excluding hydrogens is 264 g/mol. The van der Waals surface area contributed by atoms with Crippen LogP contribution in [0, 0.1) is 5.82 Å². The van der Waals surface area contributed by atoms with Crippen molar-refractivity contribution in [2.75, 3.05) is 0 Å². The zero-order valence-corrected chi connectivity index (χ0v) is 10.1. The predicted molar refractivity (Wildman–Crippen MR) is 64.7 cm³/mol. The summed E-state index contributed by atoms with van der Waals surface area (Å²) in [5.74, 6) is -0.507. The lowest BCUT2D eigenvalue weighted by Gasteiger charge is -2.12. The molecule has 1 unspecified atom stereocenters. The van der Waals surface area contributed by atoms with Crippen molar-refractivity contribution in [2.45, 2.75) is 6.10 Å². The summed E-state index contributed by atoms with van der Waals surface area (Å²) in [5.41, 5.74) is 0.311. The van der Waals surface area contributed by atoms with E-state index in [0.29, 0.717) is 5.02 Å². The fourth-order valence-electron chi connectivity index (χ4n) is 1.47. The van der Waals surface area contributed by atoms with Gasteiger partial charge in [-0.1, -0.05) is 41.4 Å². The maximum atomic E-state index is 13.5. The van der Waals surface area contributed by atoms with Crippen LogP contribution in [0.25, 0.3) is 0 Å². The van der Waals surface area contributed by atoms with Gasteiger partial charge in [-0.15, -0.1) is 0 Å². The SMILES string of the molecule is OC(c1ccccc1F)c1ncc(Cl)cc1Cl. The average molecular weight is 272 g/mol. The van der Waals surface area contributed by atoms with Crippen LogP contribution in [0.2, 0.25) is 10.0 Å². The molecule has 5 heteroatoms. The minimum absolute atomic E-state index is 0.129. The van der Waals surface area contributed by atoms with E-state index in [9.17, 15) is 9.50 Å². The molecule has 1 aromatic carbocycles. The van der Waals surface area contributed by atoms with Crippen molar-refractivity contribution in [2.24, 2.45) is 0 Å². The van der Waals surface area contributed by atoms with Crippen LogP contribution in [-0.4, -0.2) is 10.1 Å². The maximum Gasteiger partial charge on any atom is 0.129 e. The first-order valence-electron chi connectivity index (χ1n) is 4.83. The van der Waals surface area contributed by atoms with Gasteiger partial charge in [0.15, 0.2) is 0 Å². The zero-order chi connectivity index (χ0) is 12.4. The molecule has 0 fully saturated rings. The Morgan fingerprint density at radius 1 is 1.24 bits per heavy atom. The van der Waals surface area contributed by atoms with Crippen LogP contribution >= 0.6 is 23.2 Å². The highest BCUT2D eigenvalue weighted by Gasteiger charge is 2.18. The van der Waals surface area contributed by atoms with Crippen LogP contribution in [-0.2, 0) is 0 Å². The molecule has 2 nitrogen and oxygen atoms in total. The number of aromatic nitrogens is 1. The Kier molecular flexibility index (Phi) is 3.62. The summed E-state index contributed by atoms with van der Waals surface area (Å²) in [6.07, 6.45) is 0.147. The summed E-state index contributed by atoms with van der Waals surface area (Å²) in [6.45, 7) is 0. The van der Waals surface area contributed by atoms with Gasteiger partial charge in [0.2, 0.25) is 0 Å². The number of benzene rings is 1. The summed E-state index contributed by atoms with van der Waals surface area (Å²) in [6, 6.07) is 7.37. The fraction of sp³-hybridized carbons (Fsp3) is 0.0833. The van der Waals surface area contributed by atoms with Gasteiger partial charge in [0.1, 0.15) is 11.9 Å². The van der Waals surface area contributed by atoms with E-state index < -0.39 is 11.9 Å². The van der Waals surface area contributed by atoms with E-state index >= 15 is 0 Å². The van der Waals surface area contributed by atoms with Gasteiger partial charge in [0.25, 0.3) is 0 Å². The monoisotopic (exact) mass is 271 g/mol. The Morgan fingerprint density at radius 2 is 1.94 bits per heavy atom. The third kappa shape index (κ3) is 2.57. The molecule has 0 aliphatic rings. The summed E-state index contributed by atoms with van der Waals surface area (Å²) < 4.78 is 13.5. The van der Waals surface area contributed by atoms with Crippen molar-refractivity contribution in [3.63, 3.8) is 0 Å². The number of hydrogen-bond donors (Lipinski definition) is 1. The summed E-state index contributed by atoms with van der Waals surface area (Å²) >= 11 is 11.6. The van der Waals surface area contributed by atoms with Gasteiger partial charge < -0.3 is 5.11 Å². The minimum Gasteiger partial charge on any atom is -0.382 e. The quantitative estimate of drug-likeness (QED) is 0.905. The van der Waals surface area contributed by atoms with E-state index in [1.165, 1.54) is 24.4 Å². The van der Waals surface area contributed by atoms with E-state index in [1.807, 2.05) is 0 Å². The van der Waals surface area contributed by atoms with Crippen LogP contribution in [0.5, 0.6) is 0 Å². The van der Waals surface area contributed by atoms with Crippen molar-refractivity contribution in [1.29, 1.82) is 0 Å². The summed E-state index contributed by atoms with van der Waals surface area (Å²) in [5, 5.41) is 10.6. The third-order valence-electron chi connectivity index (χ3n) is 2.30. The largest absolute Gasteiger partial charge is 0.382 e. The molecule has 0 spiro atoms. The molecule has 88 valence electrons. The van der Waals surface area contributed by atoms with Gasteiger partial charge in [-0.2, -0.15) is 0 Å². The Hall–Kier alpha value is -1.16. The Bertz CT molecular complexity index is 548. The van der Waals surface area contributed by atoms with Crippen LogP contribution in [0.4, 0.5) is 4.39 Å². The lowest BCUT2D eigenvalue weighted by Crippen LogP contribution is -2.05. The first kappa shape index (κ1) is 12.3. The second-order valence-corrected chi connectivity index (χ2v) is 4.29. The van der Waals surface area contributed by atoms with Crippen LogP contribution in [0.15, 0.2) is 36.5 Å². The molecule has 0 aliphatic carbocycles. The molecule has 0 saturated carbocycles. The lowest BCUT2D eigenvalue weighted by atomic mass is 10.1. The highest BCUT2D eigenvalue weighted by molar-refractivity contribution is 6.34. The number of rotatable bonds is 2. The molecule has 1 heterocycles. The standard InChI is InChI=1S/C12H8Cl2FNO/c13-7-5-9(14)11(16-6-7)12(17)8-3-1-2-4-10(8)15/h1-6,12,17H. The number of aliphatic hydroxyl groups is 1. The fourth-order valence-corrected chi connectivity index (χ4v) is 1.95. The molecule has 0 saturated heterocycles. The van der Waals surface area contributed by atoms with Gasteiger partial charge in [0.05, 0.1) is 15.7 Å². The van der Waals surface area contributed by atoms with Gasteiger partial charge in [-0.3, -0.25) is 4.98 Å². The molecule has 17 heavy (non-hydrogen) atoms. The van der Waals surface area contributed by atoms with Crippen LogP contribution in [0.1, 0.15) is 17.4 Å². The zero-order valence-electron chi connectivity index (χ0n) is 8.57. The Balaban J connectivity index is 2.44. The first-order valence-corrected chi connectivity index (χ1v) is 5.58. The molecule has 0 amide bonds. The number of pyridine rings is 1. The number of hydrogen-bond acceptors (Lipinski definition) is 2. The molecule has 0 aliphatic heterocycles. The minimum atomic E-state index is -1.21. The summed E-state index contributed by atoms with van der Waals surface area (Å²) in [4.78, 5) is 3.91. The summed E-state index contributed by atoms with van der Waals surface area (Å²) in [7, 11) is 0. The first-order chi connectivity index (χ1) is 8.09. The van der Waals surface area contributed by atoms with Gasteiger partial charge in [-0.25, -0.2) is 4.39 Å². The number of halogens is 3. The van der Waals surface area contributed by atoms with Gasteiger partial charge >= 0.3 is 0 Å². The number of aliphatic hydroxyl groups excluding tert-OH is 1. The third-order valence-corrected chi connectivity index (χ3v) is 2.80. The molecule has 2 aromatic rings. The van der Waals surface area contributed by atoms with E-state index in [4.69, 9.17) is 23.2 Å². The van der Waals surface area contributed by atoms with Gasteiger partial charge in [-0.05, 0) is 12.1 Å². The normalized spacial score (nSPS) is 12.5. The molecule has 1 atom stereocenters. The molecule has 2 rings (SSSR count). The highest BCUT2D eigenvalue weighted by Crippen LogP contribution is 2.29. The number of nitrogens with zero attached hydrogens (tertiary/aromatic N) is 1. The van der Waals surface area contributed by atoms with E-state index in [-0.39, 0.29) is 16.3 Å². The van der Waals surface area contributed by atoms with E-state index in [1.54, 1.807) is 12.1 Å². The molecule has 1 N–H and O–H groups in total. The van der Waals surface area contributed by atoms with Crippen molar-refractivity contribution in [1.82, 2.24) is 4.98 Å². The van der Waals surface area contributed by atoms with Crippen molar-refractivity contribution >= 4 is 23.2 Å². The lowest BCUT2D eigenvalue weighted by molar-refractivity contribution is 0.210. The Labute approximate surface area is 108 Å². The predicted octanol–water partition coefficient (Wildman–Crippen LogP) is 3.61. The average Bonchev–Trinajstić information content (AvgIpc) is 2.29. The van der Waals surface area contributed by atoms with Crippen LogP contribution in [0.3, 0.4) is 0 Å². The maximum absolute atomic E-state index is 13.5. The van der Waals surface area contributed by atoms with E-state index in [0.717, 1.165) is 0 Å².